The van der Waals surface area contributed by atoms with E-state index in [0.29, 0.717) is 32.5 Å². The molecular formula is C12H17N3O3. The number of hydrogen-bond donors (Lipinski definition) is 1. The molecule has 1 aromatic rings. The van der Waals surface area contributed by atoms with E-state index >= 15 is 0 Å². The van der Waals surface area contributed by atoms with Gasteiger partial charge < -0.3 is 14.6 Å². The van der Waals surface area contributed by atoms with Gasteiger partial charge in [-0.25, -0.2) is 4.98 Å². The van der Waals surface area contributed by atoms with Gasteiger partial charge >= 0.3 is 5.97 Å². The predicted octanol–water partition coefficient (Wildman–Crippen LogP) is 0.596. The summed E-state index contributed by atoms with van der Waals surface area (Å²) in [6.07, 6.45) is 6.98. The number of imidazole rings is 1. The van der Waals surface area contributed by atoms with Crippen molar-refractivity contribution in [2.24, 2.45) is 5.92 Å². The second kappa shape index (κ2) is 5.66. The van der Waals surface area contributed by atoms with Crippen molar-refractivity contribution in [1.29, 1.82) is 0 Å². The third-order valence-corrected chi connectivity index (χ3v) is 3.27. The zero-order chi connectivity index (χ0) is 13.0. The minimum atomic E-state index is -0.804. The van der Waals surface area contributed by atoms with Gasteiger partial charge in [-0.3, -0.25) is 9.59 Å². The van der Waals surface area contributed by atoms with E-state index in [2.05, 4.69) is 4.98 Å². The summed E-state index contributed by atoms with van der Waals surface area (Å²) in [6.45, 7) is 1.61. The Morgan fingerprint density at radius 3 is 2.94 bits per heavy atom. The van der Waals surface area contributed by atoms with Gasteiger partial charge in [0, 0.05) is 38.4 Å². The molecule has 0 bridgehead atoms. The van der Waals surface area contributed by atoms with E-state index in [1.165, 1.54) is 0 Å². The summed E-state index contributed by atoms with van der Waals surface area (Å²) in [5.74, 6) is -1.19. The first kappa shape index (κ1) is 12.6. The Bertz CT molecular complexity index is 416. The average molecular weight is 251 g/mol. The van der Waals surface area contributed by atoms with Crippen molar-refractivity contribution >= 4 is 11.9 Å². The quantitative estimate of drug-likeness (QED) is 0.850. The fraction of sp³-hybridized carbons (Fsp3) is 0.583. The molecule has 6 nitrogen and oxygen atoms in total. The number of aromatic nitrogens is 2. The molecule has 18 heavy (non-hydrogen) atoms. The van der Waals surface area contributed by atoms with Crippen molar-refractivity contribution < 1.29 is 14.7 Å². The molecule has 1 aliphatic heterocycles. The second-order valence-electron chi connectivity index (χ2n) is 4.57. The zero-order valence-electron chi connectivity index (χ0n) is 10.2. The van der Waals surface area contributed by atoms with Gasteiger partial charge in [0.1, 0.15) is 0 Å². The van der Waals surface area contributed by atoms with Gasteiger partial charge in [0.15, 0.2) is 0 Å². The average Bonchev–Trinajstić information content (AvgIpc) is 2.89. The smallest absolute Gasteiger partial charge is 0.308 e. The molecule has 0 saturated carbocycles. The number of hydrogen-bond acceptors (Lipinski definition) is 3. The maximum atomic E-state index is 12.0. The molecule has 1 N–H and O–H groups in total. The standard InChI is InChI=1S/C12H17N3O3/c16-11(3-6-14-7-4-13-9-14)15-5-1-2-10(8-15)12(17)18/h4,7,9-10H,1-3,5-6,8H2,(H,17,18)/t10-/m0/s1. The van der Waals surface area contributed by atoms with Crippen molar-refractivity contribution in [3.05, 3.63) is 18.7 Å². The fourth-order valence-corrected chi connectivity index (χ4v) is 2.21. The lowest BCUT2D eigenvalue weighted by molar-refractivity contribution is -0.145. The van der Waals surface area contributed by atoms with Crippen molar-refractivity contribution in [3.63, 3.8) is 0 Å². The molecule has 2 heterocycles. The van der Waals surface area contributed by atoms with E-state index in [9.17, 15) is 9.59 Å². The van der Waals surface area contributed by atoms with Gasteiger partial charge in [0.2, 0.25) is 5.91 Å². The number of carbonyl (C=O) groups excluding carboxylic acids is 1. The Kier molecular flexibility index (Phi) is 3.96. The van der Waals surface area contributed by atoms with E-state index in [-0.39, 0.29) is 5.91 Å². The molecule has 1 amide bonds. The minimum absolute atomic E-state index is 0.0228. The topological polar surface area (TPSA) is 75.4 Å². The summed E-state index contributed by atoms with van der Waals surface area (Å²) in [7, 11) is 0. The number of aryl methyl sites for hydroxylation is 1. The normalized spacial score (nSPS) is 19.8. The lowest BCUT2D eigenvalue weighted by Gasteiger charge is -2.30. The van der Waals surface area contributed by atoms with Gasteiger partial charge in [-0.05, 0) is 12.8 Å². The van der Waals surface area contributed by atoms with Crippen LogP contribution in [0.4, 0.5) is 0 Å². The van der Waals surface area contributed by atoms with Crippen LogP contribution < -0.4 is 0 Å². The van der Waals surface area contributed by atoms with Gasteiger partial charge in [-0.15, -0.1) is 0 Å². The number of nitrogens with zero attached hydrogens (tertiary/aromatic N) is 3. The molecule has 1 saturated heterocycles. The summed E-state index contributed by atoms with van der Waals surface area (Å²) in [5.41, 5.74) is 0. The SMILES string of the molecule is O=C(O)[C@H]1CCCN(C(=O)CCn2ccnc2)C1. The first-order valence-electron chi connectivity index (χ1n) is 6.13. The highest BCUT2D eigenvalue weighted by Crippen LogP contribution is 2.17. The van der Waals surface area contributed by atoms with Crippen LogP contribution in [-0.4, -0.2) is 44.5 Å². The molecule has 1 fully saturated rings. The summed E-state index contributed by atoms with van der Waals surface area (Å²) in [6, 6.07) is 0. The lowest BCUT2D eigenvalue weighted by Crippen LogP contribution is -2.42. The van der Waals surface area contributed by atoms with Crippen LogP contribution in [0.25, 0.3) is 0 Å². The van der Waals surface area contributed by atoms with Gasteiger partial charge in [-0.2, -0.15) is 0 Å². The maximum absolute atomic E-state index is 12.0. The highest BCUT2D eigenvalue weighted by Gasteiger charge is 2.27. The molecule has 98 valence electrons. The number of carboxylic acids is 1. The Morgan fingerprint density at radius 1 is 1.44 bits per heavy atom. The first-order chi connectivity index (χ1) is 8.66. The highest BCUT2D eigenvalue weighted by molar-refractivity contribution is 5.78. The fourth-order valence-electron chi connectivity index (χ4n) is 2.21. The highest BCUT2D eigenvalue weighted by atomic mass is 16.4. The van der Waals surface area contributed by atoms with E-state index in [0.717, 1.165) is 6.42 Å². The van der Waals surface area contributed by atoms with Crippen LogP contribution in [0, 0.1) is 5.92 Å². The van der Waals surface area contributed by atoms with E-state index in [1.54, 1.807) is 17.4 Å². The van der Waals surface area contributed by atoms with Gasteiger partial charge in [0.05, 0.1) is 12.2 Å². The van der Waals surface area contributed by atoms with Crippen LogP contribution in [0.2, 0.25) is 0 Å². The van der Waals surface area contributed by atoms with Crippen LogP contribution in [0.15, 0.2) is 18.7 Å². The van der Waals surface area contributed by atoms with Gasteiger partial charge in [0.25, 0.3) is 0 Å². The van der Waals surface area contributed by atoms with Crippen LogP contribution >= 0.6 is 0 Å². The number of rotatable bonds is 4. The first-order valence-corrected chi connectivity index (χ1v) is 6.13. The molecular weight excluding hydrogens is 234 g/mol. The number of aliphatic carboxylic acids is 1. The summed E-state index contributed by atoms with van der Waals surface area (Å²) in [5, 5.41) is 8.97. The minimum Gasteiger partial charge on any atom is -0.481 e. The summed E-state index contributed by atoms with van der Waals surface area (Å²) < 4.78 is 1.84. The van der Waals surface area contributed by atoms with E-state index in [1.807, 2.05) is 10.8 Å². The monoisotopic (exact) mass is 251 g/mol. The van der Waals surface area contributed by atoms with Crippen LogP contribution in [0.5, 0.6) is 0 Å². The predicted molar refractivity (Wildman–Crippen MR) is 63.8 cm³/mol. The molecule has 6 heteroatoms. The molecule has 2 rings (SSSR count). The van der Waals surface area contributed by atoms with E-state index in [4.69, 9.17) is 5.11 Å². The molecule has 1 aromatic heterocycles. The molecule has 0 unspecified atom stereocenters. The van der Waals surface area contributed by atoms with Crippen LogP contribution in [0.1, 0.15) is 19.3 Å². The molecule has 0 spiro atoms. The largest absolute Gasteiger partial charge is 0.481 e. The van der Waals surface area contributed by atoms with Crippen molar-refractivity contribution in [2.45, 2.75) is 25.8 Å². The Morgan fingerprint density at radius 2 is 2.28 bits per heavy atom. The number of piperidine rings is 1. The Balaban J connectivity index is 1.83. The zero-order valence-corrected chi connectivity index (χ0v) is 10.2. The summed E-state index contributed by atoms with van der Waals surface area (Å²) in [4.78, 5) is 28.5. The molecule has 1 aliphatic rings. The molecule has 0 aliphatic carbocycles. The number of amides is 1. The Hall–Kier alpha value is -1.85. The van der Waals surface area contributed by atoms with Crippen LogP contribution in [-0.2, 0) is 16.1 Å². The molecule has 0 radical (unpaired) electrons. The van der Waals surface area contributed by atoms with Crippen molar-refractivity contribution in [3.8, 4) is 0 Å². The molecule has 0 aromatic carbocycles. The molecule has 1 atom stereocenters. The third kappa shape index (κ3) is 3.09. The van der Waals surface area contributed by atoms with Crippen molar-refractivity contribution in [2.75, 3.05) is 13.1 Å². The number of carbonyl (C=O) groups is 2. The van der Waals surface area contributed by atoms with Crippen molar-refractivity contribution in [1.82, 2.24) is 14.5 Å². The lowest BCUT2D eigenvalue weighted by atomic mass is 9.98. The summed E-state index contributed by atoms with van der Waals surface area (Å²) >= 11 is 0. The van der Waals surface area contributed by atoms with E-state index < -0.39 is 11.9 Å². The number of carboxylic acid groups (broad SMARTS) is 1. The Labute approximate surface area is 105 Å². The third-order valence-electron chi connectivity index (χ3n) is 3.27. The maximum Gasteiger partial charge on any atom is 0.308 e. The number of likely N-dealkylation sites (tertiary alicyclic amines) is 1. The van der Waals surface area contributed by atoms with Crippen LogP contribution in [0.3, 0.4) is 0 Å². The van der Waals surface area contributed by atoms with Gasteiger partial charge in [-0.1, -0.05) is 0 Å². The second-order valence-corrected chi connectivity index (χ2v) is 4.57.